The molecule has 3 heterocycles. The van der Waals surface area contributed by atoms with E-state index in [4.69, 9.17) is 9.47 Å². The van der Waals surface area contributed by atoms with Gasteiger partial charge in [0.2, 0.25) is 0 Å². The molecular weight excluding hydrogens is 484 g/mol. The molecule has 0 unspecified atom stereocenters. The Morgan fingerprint density at radius 1 is 1.03 bits per heavy atom. The molecule has 4 atom stereocenters. The zero-order valence-electron chi connectivity index (χ0n) is 22.4. The summed E-state index contributed by atoms with van der Waals surface area (Å²) in [5, 5.41) is 14.4. The first-order valence-corrected chi connectivity index (χ1v) is 14.6. The Kier molecular flexibility index (Phi) is 4.43. The standard InChI is InChI=1S/C34H34N2O3/c1-35-26-10-6-5-9-24(26)25-18-34(37)28-17-23-13-14-27(38-20-22-7-3-2-4-8-22)31-29(23)33(34,32(39-31)30(25)35)15-16-36(28)19-21-11-12-21/h2-10,13-14,21,28,32,37H,11-12,15-20H2,1H3/t28-,32-,33-,34+/m0/s1. The van der Waals surface area contributed by atoms with Gasteiger partial charge in [-0.15, -0.1) is 0 Å². The van der Waals surface area contributed by atoms with Crippen molar-refractivity contribution in [3.05, 3.63) is 94.7 Å². The Hall–Kier alpha value is -3.28. The summed E-state index contributed by atoms with van der Waals surface area (Å²) >= 11 is 0. The Labute approximate surface area is 229 Å². The third-order valence-electron chi connectivity index (χ3n) is 10.7. The van der Waals surface area contributed by atoms with Crippen LogP contribution in [0.4, 0.5) is 0 Å². The van der Waals surface area contributed by atoms with Crippen LogP contribution in [0.3, 0.4) is 0 Å². The maximum absolute atomic E-state index is 13.2. The van der Waals surface area contributed by atoms with Crippen molar-refractivity contribution in [3.8, 4) is 11.5 Å². The van der Waals surface area contributed by atoms with Crippen LogP contribution in [-0.2, 0) is 31.9 Å². The lowest BCUT2D eigenvalue weighted by Crippen LogP contribution is -2.74. The van der Waals surface area contributed by atoms with E-state index in [9.17, 15) is 5.11 Å². The number of rotatable bonds is 5. The number of nitrogens with zero attached hydrogens (tertiary/aromatic N) is 2. The maximum atomic E-state index is 13.2. The fourth-order valence-corrected chi connectivity index (χ4v) is 8.77. The highest BCUT2D eigenvalue weighted by Crippen LogP contribution is 2.69. The number of aromatic nitrogens is 1. The minimum absolute atomic E-state index is 0.0969. The van der Waals surface area contributed by atoms with Crippen molar-refractivity contribution >= 4 is 10.9 Å². The monoisotopic (exact) mass is 518 g/mol. The van der Waals surface area contributed by atoms with Crippen molar-refractivity contribution in [3.63, 3.8) is 0 Å². The molecule has 2 aliphatic heterocycles. The molecule has 4 aromatic rings. The minimum atomic E-state index is -0.891. The number of ether oxygens (including phenoxy) is 2. The molecule has 198 valence electrons. The molecule has 5 heteroatoms. The summed E-state index contributed by atoms with van der Waals surface area (Å²) < 4.78 is 15.9. The van der Waals surface area contributed by atoms with E-state index in [1.165, 1.54) is 46.1 Å². The SMILES string of the molecule is Cn1c2c(c3ccccc31)C[C@@]1(O)[C@@H]3Cc4ccc(OCc5ccccc5)c5c4[C@@]1(CCN3CC1CC1)[C@H]2O5. The van der Waals surface area contributed by atoms with Crippen LogP contribution in [-0.4, -0.2) is 39.3 Å². The molecule has 1 N–H and O–H groups in total. The summed E-state index contributed by atoms with van der Waals surface area (Å²) in [4.78, 5) is 2.64. The van der Waals surface area contributed by atoms with Gasteiger partial charge in [-0.25, -0.2) is 0 Å². The Morgan fingerprint density at radius 3 is 2.69 bits per heavy atom. The largest absolute Gasteiger partial charge is 0.485 e. The van der Waals surface area contributed by atoms with Crippen molar-refractivity contribution < 1.29 is 14.6 Å². The van der Waals surface area contributed by atoms with Crippen LogP contribution in [0.1, 0.15) is 53.3 Å². The topological polar surface area (TPSA) is 46.9 Å². The number of benzene rings is 3. The molecule has 39 heavy (non-hydrogen) atoms. The van der Waals surface area contributed by atoms with E-state index in [0.29, 0.717) is 13.0 Å². The van der Waals surface area contributed by atoms with Crippen LogP contribution in [0.15, 0.2) is 66.7 Å². The van der Waals surface area contributed by atoms with Gasteiger partial charge in [-0.05, 0) is 67.0 Å². The average molecular weight is 519 g/mol. The van der Waals surface area contributed by atoms with E-state index in [1.807, 2.05) is 18.2 Å². The van der Waals surface area contributed by atoms with Crippen LogP contribution in [0.25, 0.3) is 10.9 Å². The van der Waals surface area contributed by atoms with Crippen molar-refractivity contribution in [2.45, 2.75) is 61.9 Å². The molecule has 9 rings (SSSR count). The summed E-state index contributed by atoms with van der Waals surface area (Å²) in [5.74, 6) is 2.45. The molecule has 1 aromatic heterocycles. The lowest BCUT2D eigenvalue weighted by molar-refractivity contribution is -0.173. The molecular formula is C34H34N2O3. The average Bonchev–Trinajstić information content (AvgIpc) is 3.64. The summed E-state index contributed by atoms with van der Waals surface area (Å²) in [6, 6.07) is 23.4. The zero-order valence-corrected chi connectivity index (χ0v) is 22.4. The van der Waals surface area contributed by atoms with Gasteiger partial charge in [0.15, 0.2) is 17.6 Å². The zero-order chi connectivity index (χ0) is 25.9. The number of piperidine rings is 1. The van der Waals surface area contributed by atoms with Crippen molar-refractivity contribution in [2.24, 2.45) is 13.0 Å². The fraction of sp³-hybridized carbons (Fsp3) is 0.412. The van der Waals surface area contributed by atoms with Gasteiger partial charge < -0.3 is 19.1 Å². The molecule has 1 saturated heterocycles. The first kappa shape index (κ1) is 22.5. The second-order valence-electron chi connectivity index (χ2n) is 12.6. The van der Waals surface area contributed by atoms with Gasteiger partial charge in [0.25, 0.3) is 0 Å². The van der Waals surface area contributed by atoms with Crippen LogP contribution in [0, 0.1) is 5.92 Å². The van der Waals surface area contributed by atoms with Crippen LogP contribution < -0.4 is 9.47 Å². The van der Waals surface area contributed by atoms with E-state index >= 15 is 0 Å². The first-order chi connectivity index (χ1) is 19.1. The predicted octanol–water partition coefficient (Wildman–Crippen LogP) is 5.46. The summed E-state index contributed by atoms with van der Waals surface area (Å²) in [6.07, 6.45) is 4.86. The van der Waals surface area contributed by atoms with E-state index in [-0.39, 0.29) is 12.1 Å². The van der Waals surface area contributed by atoms with E-state index < -0.39 is 11.0 Å². The molecule has 1 saturated carbocycles. The molecule has 2 bridgehead atoms. The Bertz CT molecular complexity index is 1640. The summed E-state index contributed by atoms with van der Waals surface area (Å²) in [5.41, 5.74) is 6.03. The number of hydrogen-bond acceptors (Lipinski definition) is 4. The highest BCUT2D eigenvalue weighted by atomic mass is 16.5. The maximum Gasteiger partial charge on any atom is 0.166 e. The normalized spacial score (nSPS) is 30.1. The number of hydrogen-bond donors (Lipinski definition) is 1. The van der Waals surface area contributed by atoms with Gasteiger partial charge in [0.05, 0.1) is 16.7 Å². The molecule has 1 spiro atoms. The summed E-state index contributed by atoms with van der Waals surface area (Å²) in [6.45, 7) is 2.61. The minimum Gasteiger partial charge on any atom is -0.485 e. The molecule has 5 nitrogen and oxygen atoms in total. The van der Waals surface area contributed by atoms with Crippen LogP contribution >= 0.6 is 0 Å². The lowest BCUT2D eigenvalue weighted by Gasteiger charge is -2.63. The molecule has 5 aliphatic rings. The molecule has 0 radical (unpaired) electrons. The van der Waals surface area contributed by atoms with Gasteiger partial charge in [-0.2, -0.15) is 0 Å². The van der Waals surface area contributed by atoms with Gasteiger partial charge in [0.1, 0.15) is 6.61 Å². The number of para-hydroxylation sites is 1. The number of likely N-dealkylation sites (tertiary alicyclic amines) is 1. The first-order valence-electron chi connectivity index (χ1n) is 14.6. The van der Waals surface area contributed by atoms with Gasteiger partial charge in [-0.3, -0.25) is 4.90 Å². The molecule has 2 fully saturated rings. The highest BCUT2D eigenvalue weighted by molar-refractivity contribution is 5.87. The van der Waals surface area contributed by atoms with Gasteiger partial charge in [0, 0.05) is 42.5 Å². The van der Waals surface area contributed by atoms with Crippen molar-refractivity contribution in [1.29, 1.82) is 0 Å². The molecule has 3 aliphatic carbocycles. The van der Waals surface area contributed by atoms with Crippen LogP contribution in [0.2, 0.25) is 0 Å². The van der Waals surface area contributed by atoms with Gasteiger partial charge >= 0.3 is 0 Å². The summed E-state index contributed by atoms with van der Waals surface area (Å²) in [7, 11) is 2.17. The number of fused-ring (bicyclic) bond motifs is 4. The van der Waals surface area contributed by atoms with Crippen LogP contribution in [0.5, 0.6) is 11.5 Å². The van der Waals surface area contributed by atoms with Crippen molar-refractivity contribution in [2.75, 3.05) is 13.1 Å². The lowest BCUT2D eigenvalue weighted by atomic mass is 9.49. The highest BCUT2D eigenvalue weighted by Gasteiger charge is 2.73. The smallest absolute Gasteiger partial charge is 0.166 e. The number of aliphatic hydroxyl groups is 1. The third kappa shape index (κ3) is 2.82. The number of aryl methyl sites for hydroxylation is 1. The second kappa shape index (κ2) is 7.67. The third-order valence-corrected chi connectivity index (χ3v) is 10.7. The quantitative estimate of drug-likeness (QED) is 0.381. The van der Waals surface area contributed by atoms with E-state index in [1.54, 1.807) is 0 Å². The Morgan fingerprint density at radius 2 is 1.85 bits per heavy atom. The Balaban J connectivity index is 1.25. The predicted molar refractivity (Wildman–Crippen MR) is 150 cm³/mol. The van der Waals surface area contributed by atoms with E-state index in [0.717, 1.165) is 48.9 Å². The second-order valence-corrected chi connectivity index (χ2v) is 12.6. The fourth-order valence-electron chi connectivity index (χ4n) is 8.77. The van der Waals surface area contributed by atoms with E-state index in [2.05, 4.69) is 65.0 Å². The van der Waals surface area contributed by atoms with Gasteiger partial charge in [-0.1, -0.05) is 54.6 Å². The molecule has 3 aromatic carbocycles. The molecule has 0 amide bonds. The van der Waals surface area contributed by atoms with Crippen molar-refractivity contribution in [1.82, 2.24) is 9.47 Å².